The molecule has 0 bridgehead atoms. The fraction of sp³-hybridized carbons (Fsp3) is 0.207. The molecule has 0 aromatic heterocycles. The number of rotatable bonds is 4. The molecule has 0 atom stereocenters. The van der Waals surface area contributed by atoms with Gasteiger partial charge in [-0.2, -0.15) is 0 Å². The van der Waals surface area contributed by atoms with Gasteiger partial charge < -0.3 is 10.6 Å². The van der Waals surface area contributed by atoms with Gasteiger partial charge in [-0.1, -0.05) is 105 Å². The summed E-state index contributed by atoms with van der Waals surface area (Å²) >= 11 is 7.42. The largest absolute Gasteiger partial charge is 0.390 e. The first kappa shape index (κ1) is 32.8. The molecule has 194 valence electrons. The van der Waals surface area contributed by atoms with E-state index in [0.717, 1.165) is 22.0 Å². The molecule has 0 aliphatic carbocycles. The van der Waals surface area contributed by atoms with Gasteiger partial charge in [0.05, 0.1) is 5.69 Å². The smallest absolute Gasteiger partial charge is 0.180 e. The Bertz CT molecular complexity index is 1050. The second kappa shape index (κ2) is 19.1. The number of halogens is 1. The minimum absolute atomic E-state index is 0.508. The number of anilines is 1. The summed E-state index contributed by atoms with van der Waals surface area (Å²) in [5.41, 5.74) is 8.12. The lowest BCUT2D eigenvalue weighted by molar-refractivity contribution is 0.618. The zero-order valence-electron chi connectivity index (χ0n) is 22.3. The molecule has 0 fully saturated rings. The number of hydrogen-bond acceptors (Lipinski definition) is 6. The summed E-state index contributed by atoms with van der Waals surface area (Å²) in [5, 5.41) is 2.69. The Kier molecular flexibility index (Phi) is 17.4. The van der Waals surface area contributed by atoms with Gasteiger partial charge in [0.1, 0.15) is 10.9 Å². The van der Waals surface area contributed by atoms with E-state index in [1.165, 1.54) is 16.8 Å². The Hall–Kier alpha value is -3.19. The molecular formula is C29H40ClN5S. The zero-order chi connectivity index (χ0) is 27.5. The van der Waals surface area contributed by atoms with E-state index in [1.54, 1.807) is 12.2 Å². The van der Waals surface area contributed by atoms with Gasteiger partial charge in [-0.3, -0.25) is 5.01 Å². The van der Waals surface area contributed by atoms with Gasteiger partial charge in [0.15, 0.2) is 5.82 Å². The molecule has 1 aliphatic heterocycles. The normalized spacial score (nSPS) is 13.1. The van der Waals surface area contributed by atoms with Gasteiger partial charge in [0.25, 0.3) is 0 Å². The molecule has 5 nitrogen and oxygen atoms in total. The van der Waals surface area contributed by atoms with Crippen molar-refractivity contribution in [2.45, 2.75) is 32.6 Å². The van der Waals surface area contributed by atoms with Crippen LogP contribution in [0.2, 0.25) is 5.02 Å². The van der Waals surface area contributed by atoms with Crippen LogP contribution in [0.3, 0.4) is 0 Å². The number of aliphatic imine (C=N–C) groups is 1. The predicted molar refractivity (Wildman–Crippen MR) is 163 cm³/mol. The van der Waals surface area contributed by atoms with Crippen LogP contribution in [-0.2, 0) is 0 Å². The lowest BCUT2D eigenvalue weighted by Crippen LogP contribution is -2.38. The molecule has 36 heavy (non-hydrogen) atoms. The molecule has 4 N–H and O–H groups in total. The molecule has 0 saturated carbocycles. The van der Waals surface area contributed by atoms with E-state index < -0.39 is 0 Å². The summed E-state index contributed by atoms with van der Waals surface area (Å²) in [5.74, 6) is 7.60. The number of hydrazine groups is 1. The molecular weight excluding hydrogens is 486 g/mol. The second-order valence-electron chi connectivity index (χ2n) is 6.99. The standard InChI is InChI=1S/C17H18ClN5S.2C5H8.C2H6/c1-22(2)16-13-8-3-4-9-14(13)23(20)17(21-16)15(19)24-12-7-5-6-11(18)10-12;2*1-3-5-4-2;1-2/h3-10H,19-20H2,1-2H3;2*3-5H,1H2,2H3;1-2H3/b17-15+;2*5-4-;. The Morgan fingerprint density at radius 1 is 1.00 bits per heavy atom. The summed E-state index contributed by atoms with van der Waals surface area (Å²) in [6.45, 7) is 14.8. The van der Waals surface area contributed by atoms with Crippen LogP contribution in [-0.4, -0.2) is 24.8 Å². The van der Waals surface area contributed by atoms with E-state index in [1.807, 2.05) is 120 Å². The fourth-order valence-corrected chi connectivity index (χ4v) is 3.77. The maximum atomic E-state index is 6.29. The van der Waals surface area contributed by atoms with Crippen molar-refractivity contribution in [1.82, 2.24) is 4.90 Å². The highest BCUT2D eigenvalue weighted by Gasteiger charge is 2.25. The van der Waals surface area contributed by atoms with Crippen molar-refractivity contribution in [3.8, 4) is 0 Å². The maximum Gasteiger partial charge on any atom is 0.180 e. The summed E-state index contributed by atoms with van der Waals surface area (Å²) in [6, 6.07) is 15.3. The van der Waals surface area contributed by atoms with Crippen LogP contribution in [0.1, 0.15) is 33.3 Å². The molecule has 7 heteroatoms. The van der Waals surface area contributed by atoms with E-state index in [4.69, 9.17) is 23.2 Å². The Labute approximate surface area is 227 Å². The van der Waals surface area contributed by atoms with Crippen LogP contribution in [0.4, 0.5) is 5.69 Å². The minimum atomic E-state index is 0.508. The van der Waals surface area contributed by atoms with Crippen molar-refractivity contribution in [1.29, 1.82) is 0 Å². The third-order valence-corrected chi connectivity index (χ3v) is 5.30. The molecule has 3 rings (SSSR count). The van der Waals surface area contributed by atoms with Crippen LogP contribution in [0.15, 0.2) is 119 Å². The summed E-state index contributed by atoms with van der Waals surface area (Å²) in [4.78, 5) is 7.55. The molecule has 2 aromatic carbocycles. The highest BCUT2D eigenvalue weighted by molar-refractivity contribution is 8.03. The first-order valence-electron chi connectivity index (χ1n) is 11.6. The third-order valence-electron chi connectivity index (χ3n) is 4.17. The summed E-state index contributed by atoms with van der Waals surface area (Å²) in [7, 11) is 3.89. The molecule has 1 aliphatic rings. The van der Waals surface area contributed by atoms with Gasteiger partial charge in [-0.05, 0) is 44.2 Å². The number of amidine groups is 1. The van der Waals surface area contributed by atoms with Crippen molar-refractivity contribution >= 4 is 34.9 Å². The average Bonchev–Trinajstić information content (AvgIpc) is 2.87. The quantitative estimate of drug-likeness (QED) is 0.242. The number of para-hydroxylation sites is 1. The molecule has 1 heterocycles. The van der Waals surface area contributed by atoms with Crippen molar-refractivity contribution in [2.24, 2.45) is 16.6 Å². The topological polar surface area (TPSA) is 70.9 Å². The van der Waals surface area contributed by atoms with E-state index in [-0.39, 0.29) is 0 Å². The van der Waals surface area contributed by atoms with E-state index in [9.17, 15) is 0 Å². The second-order valence-corrected chi connectivity index (χ2v) is 8.54. The lowest BCUT2D eigenvalue weighted by atomic mass is 10.1. The monoisotopic (exact) mass is 525 g/mol. The first-order valence-corrected chi connectivity index (χ1v) is 12.8. The number of nitrogens with two attached hydrogens (primary N) is 2. The lowest BCUT2D eigenvalue weighted by Gasteiger charge is -2.30. The maximum absolute atomic E-state index is 6.29. The Morgan fingerprint density at radius 2 is 1.58 bits per heavy atom. The van der Waals surface area contributed by atoms with Crippen molar-refractivity contribution in [2.75, 3.05) is 19.1 Å². The van der Waals surface area contributed by atoms with Crippen LogP contribution >= 0.6 is 23.4 Å². The average molecular weight is 526 g/mol. The number of allylic oxidation sites excluding steroid dienone is 6. The fourth-order valence-electron chi connectivity index (χ4n) is 2.69. The van der Waals surface area contributed by atoms with Crippen LogP contribution in [0.5, 0.6) is 0 Å². The number of thioether (sulfide) groups is 1. The van der Waals surface area contributed by atoms with E-state index in [2.05, 4.69) is 18.2 Å². The van der Waals surface area contributed by atoms with Gasteiger partial charge >= 0.3 is 0 Å². The number of nitrogens with zero attached hydrogens (tertiary/aromatic N) is 3. The molecule has 0 saturated heterocycles. The third kappa shape index (κ3) is 11.0. The van der Waals surface area contributed by atoms with E-state index >= 15 is 0 Å². The number of fused-ring (bicyclic) bond motifs is 1. The molecule has 0 spiro atoms. The SMILES string of the molecule is C=C/C=C\C.C=C/C=C\C.CC.CN(C)C1=N/C(=C(/N)Sc2cccc(Cl)c2)N(N)c2ccccc21. The Morgan fingerprint density at radius 3 is 2.06 bits per heavy atom. The van der Waals surface area contributed by atoms with Crippen molar-refractivity contribution in [3.63, 3.8) is 0 Å². The minimum Gasteiger partial charge on any atom is -0.390 e. The van der Waals surface area contributed by atoms with Gasteiger partial charge in [-0.15, -0.1) is 0 Å². The molecule has 2 aromatic rings. The summed E-state index contributed by atoms with van der Waals surface area (Å²) < 4.78 is 0. The van der Waals surface area contributed by atoms with Crippen molar-refractivity contribution < 1.29 is 0 Å². The number of hydrogen-bond donors (Lipinski definition) is 2. The zero-order valence-corrected chi connectivity index (χ0v) is 23.9. The number of benzene rings is 2. The summed E-state index contributed by atoms with van der Waals surface area (Å²) in [6.07, 6.45) is 11.2. The van der Waals surface area contributed by atoms with E-state index in [0.29, 0.717) is 15.9 Å². The van der Waals surface area contributed by atoms with Crippen LogP contribution < -0.4 is 16.6 Å². The van der Waals surface area contributed by atoms with Crippen LogP contribution in [0.25, 0.3) is 0 Å². The van der Waals surface area contributed by atoms with Crippen molar-refractivity contribution in [3.05, 3.63) is 120 Å². The molecule has 0 amide bonds. The van der Waals surface area contributed by atoms with Gasteiger partial charge in [0, 0.05) is 29.6 Å². The van der Waals surface area contributed by atoms with Gasteiger partial charge in [-0.25, -0.2) is 10.8 Å². The molecule has 0 radical (unpaired) electrons. The van der Waals surface area contributed by atoms with Crippen LogP contribution in [0, 0.1) is 0 Å². The van der Waals surface area contributed by atoms with Gasteiger partial charge in [0.2, 0.25) is 0 Å². The predicted octanol–water partition coefficient (Wildman–Crippen LogP) is 7.74. The molecule has 0 unspecified atom stereocenters. The highest BCUT2D eigenvalue weighted by atomic mass is 35.5. The Balaban J connectivity index is 0.000000859. The first-order chi connectivity index (χ1) is 17.3. The highest BCUT2D eigenvalue weighted by Crippen LogP contribution is 2.34.